The number of aromatic nitrogens is 8. The molecule has 5 aromatic carbocycles. The van der Waals surface area contributed by atoms with E-state index < -0.39 is 0 Å². The summed E-state index contributed by atoms with van der Waals surface area (Å²) in [6.45, 7) is 15.6. The highest BCUT2D eigenvalue weighted by molar-refractivity contribution is 6.12. The monoisotopic (exact) mass is 1070 g/mol. The minimum atomic E-state index is -0.118. The molecule has 0 radical (unpaired) electrons. The average Bonchev–Trinajstić information content (AvgIpc) is 4.36. The molecular weight excluding hydrogens is 997 g/mol. The number of nitrogens with one attached hydrogen (secondary N) is 2. The number of hydrogen-bond acceptors (Lipinski definition) is 14. The molecule has 0 fully saturated rings. The molecule has 10 rings (SSSR count). The Bertz CT molecular complexity index is 3610. The summed E-state index contributed by atoms with van der Waals surface area (Å²) in [4.78, 5) is 39.9. The van der Waals surface area contributed by atoms with Gasteiger partial charge in [-0.2, -0.15) is 0 Å². The lowest BCUT2D eigenvalue weighted by atomic mass is 10.1. The highest BCUT2D eigenvalue weighted by Crippen LogP contribution is 2.50. The first-order valence-electron chi connectivity index (χ1n) is 28.5. The number of rotatable bonds is 27. The van der Waals surface area contributed by atoms with Crippen molar-refractivity contribution < 1.29 is 38.3 Å². The Morgan fingerprint density at radius 2 is 0.722 bits per heavy atom. The first-order valence-corrected chi connectivity index (χ1v) is 28.5. The fourth-order valence-corrected chi connectivity index (χ4v) is 9.56. The molecule has 412 valence electrons. The third-order valence-electron chi connectivity index (χ3n) is 13.9. The van der Waals surface area contributed by atoms with Gasteiger partial charge >= 0.3 is 0 Å². The quantitative estimate of drug-likeness (QED) is 0.0412. The molecule has 2 aliphatic heterocycles. The molecule has 0 unspecified atom stereocenters. The van der Waals surface area contributed by atoms with Crippen LogP contribution in [0.3, 0.4) is 0 Å². The number of ether oxygens (including phenoxy) is 7. The second kappa shape index (κ2) is 25.7. The Morgan fingerprint density at radius 3 is 1.13 bits per heavy atom. The van der Waals surface area contributed by atoms with Crippen LogP contribution in [-0.4, -0.2) is 84.6 Å². The molecule has 2 aliphatic rings. The molecule has 16 nitrogen and oxygen atoms in total. The first-order chi connectivity index (χ1) is 38.9. The fourth-order valence-electron chi connectivity index (χ4n) is 9.56. The van der Waals surface area contributed by atoms with Crippen molar-refractivity contribution in [2.45, 2.75) is 125 Å². The van der Waals surface area contributed by atoms with Gasteiger partial charge in [0, 0.05) is 10.8 Å². The highest BCUT2D eigenvalue weighted by atomic mass is 16.5. The van der Waals surface area contributed by atoms with E-state index in [0.717, 1.165) is 88.0 Å². The van der Waals surface area contributed by atoms with E-state index in [2.05, 4.69) is 51.5 Å². The molecular formula is C63H72N8O8. The molecule has 79 heavy (non-hydrogen) atoms. The van der Waals surface area contributed by atoms with Crippen molar-refractivity contribution in [1.29, 1.82) is 0 Å². The number of aliphatic hydroxyl groups is 1. The molecule has 16 heteroatoms. The third-order valence-corrected chi connectivity index (χ3v) is 13.9. The molecule has 0 atom stereocenters. The van der Waals surface area contributed by atoms with Gasteiger partial charge in [-0.25, -0.2) is 29.9 Å². The van der Waals surface area contributed by atoms with Gasteiger partial charge in [0.1, 0.15) is 68.6 Å². The summed E-state index contributed by atoms with van der Waals surface area (Å²) in [5.74, 6) is 6.19. The minimum absolute atomic E-state index is 0.118. The van der Waals surface area contributed by atoms with Crippen LogP contribution in [0, 0.1) is 0 Å². The molecule has 0 saturated carbocycles. The zero-order valence-electron chi connectivity index (χ0n) is 46.4. The molecule has 3 N–H and O–H groups in total. The number of benzene rings is 5. The van der Waals surface area contributed by atoms with E-state index in [4.69, 9.17) is 63.1 Å². The maximum Gasteiger partial charge on any atom is 0.168 e. The lowest BCUT2D eigenvalue weighted by Crippen LogP contribution is -2.02. The lowest BCUT2D eigenvalue weighted by Gasteiger charge is -2.14. The summed E-state index contributed by atoms with van der Waals surface area (Å²) in [7, 11) is 0. The maximum absolute atomic E-state index is 9.97. The number of unbranched alkanes of at least 4 members (excludes halogenated alkanes) is 6. The van der Waals surface area contributed by atoms with Crippen LogP contribution in [0.4, 0.5) is 0 Å². The van der Waals surface area contributed by atoms with Crippen LogP contribution in [0.5, 0.6) is 46.0 Å². The number of hydrogen-bond donors (Lipinski definition) is 3. The van der Waals surface area contributed by atoms with E-state index >= 15 is 0 Å². The lowest BCUT2D eigenvalue weighted by molar-refractivity contribution is 0.281. The molecule has 3 aromatic heterocycles. The Kier molecular flexibility index (Phi) is 17.7. The predicted molar refractivity (Wildman–Crippen MR) is 311 cm³/mol. The van der Waals surface area contributed by atoms with Crippen LogP contribution < -0.4 is 33.2 Å². The Morgan fingerprint density at radius 1 is 0.367 bits per heavy atom. The van der Waals surface area contributed by atoms with Crippen molar-refractivity contribution in [1.82, 2.24) is 39.9 Å². The van der Waals surface area contributed by atoms with Crippen LogP contribution in [0.15, 0.2) is 78.9 Å². The van der Waals surface area contributed by atoms with E-state index in [-0.39, 0.29) is 6.61 Å². The predicted octanol–water partition coefficient (Wildman–Crippen LogP) is 15.2. The van der Waals surface area contributed by atoms with Crippen LogP contribution in [0.25, 0.3) is 89.7 Å². The van der Waals surface area contributed by atoms with E-state index in [1.807, 2.05) is 78.9 Å². The molecule has 0 spiro atoms. The van der Waals surface area contributed by atoms with E-state index in [1.165, 1.54) is 0 Å². The summed E-state index contributed by atoms with van der Waals surface area (Å²) < 4.78 is 46.4. The molecule has 8 bridgehead atoms. The molecule has 8 aromatic rings. The highest BCUT2D eigenvalue weighted by Gasteiger charge is 2.32. The maximum atomic E-state index is 9.97. The molecule has 0 aliphatic carbocycles. The van der Waals surface area contributed by atoms with Gasteiger partial charge in [0.05, 0.1) is 79.3 Å². The zero-order chi connectivity index (χ0) is 54.7. The van der Waals surface area contributed by atoms with Crippen LogP contribution in [0.2, 0.25) is 0 Å². The summed E-state index contributed by atoms with van der Waals surface area (Å²) >= 11 is 0. The Balaban J connectivity index is 1.36. The van der Waals surface area contributed by atoms with Crippen molar-refractivity contribution >= 4 is 44.1 Å². The van der Waals surface area contributed by atoms with Gasteiger partial charge in [-0.1, -0.05) is 92.2 Å². The Hall–Kier alpha value is -7.98. The van der Waals surface area contributed by atoms with Gasteiger partial charge in [-0.3, -0.25) is 0 Å². The number of nitrogens with zero attached hydrogens (tertiary/aromatic N) is 6. The number of aromatic amines is 2. The smallest absolute Gasteiger partial charge is 0.168 e. The standard InChI is InChI=1S/C63H72N8O8/c1-7-13-30-73-44-24-26-46(75-32-15-9-3)52-50(44)58-65-56-42-23-22-41(79-40-21-19-20-39(36-40)38-72)37-43(42)57(64-56)66-59-51-45(74-31-14-8-2)25-27-47(76-33-16-10-4)53(51)61(68-59)70-63-55-49(78-35-18-12-6)29-28-48(77-34-17-11-5)54(55)62(71-63)69-60(52)67-58/h19-29,36-37,72H,7-18,30-35,38H2,1-6H3,(H2,64,65,66,67,68,69,70,71). The Labute approximate surface area is 461 Å². The summed E-state index contributed by atoms with van der Waals surface area (Å²) in [6, 6.07) is 24.9. The summed E-state index contributed by atoms with van der Waals surface area (Å²) in [5, 5.41) is 12.8. The molecule has 0 amide bonds. The van der Waals surface area contributed by atoms with Gasteiger partial charge in [-0.05, 0) is 111 Å². The van der Waals surface area contributed by atoms with E-state index in [1.54, 1.807) is 0 Å². The third kappa shape index (κ3) is 11.8. The van der Waals surface area contributed by atoms with Crippen molar-refractivity contribution in [3.63, 3.8) is 0 Å². The minimum Gasteiger partial charge on any atom is -0.493 e. The summed E-state index contributed by atoms with van der Waals surface area (Å²) in [5.41, 5.74) is 5.14. The number of H-pyrrole nitrogens is 2. The largest absolute Gasteiger partial charge is 0.493 e. The second-order valence-electron chi connectivity index (χ2n) is 19.9. The first kappa shape index (κ1) is 54.4. The number of fused-ring (bicyclic) bond motifs is 20. The van der Waals surface area contributed by atoms with Gasteiger partial charge in [0.25, 0.3) is 0 Å². The zero-order valence-corrected chi connectivity index (χ0v) is 46.4. The van der Waals surface area contributed by atoms with Gasteiger partial charge < -0.3 is 48.2 Å². The molecule has 5 heterocycles. The van der Waals surface area contributed by atoms with Crippen molar-refractivity contribution in [3.05, 3.63) is 84.4 Å². The van der Waals surface area contributed by atoms with Crippen LogP contribution in [0.1, 0.15) is 124 Å². The number of aliphatic hydroxyl groups excluding tert-OH is 1. The van der Waals surface area contributed by atoms with Crippen molar-refractivity contribution in [2.24, 2.45) is 0 Å². The van der Waals surface area contributed by atoms with E-state index in [0.29, 0.717) is 170 Å². The van der Waals surface area contributed by atoms with E-state index in [9.17, 15) is 5.11 Å². The topological polar surface area (TPSA) is 194 Å². The van der Waals surface area contributed by atoms with Crippen LogP contribution >= 0.6 is 0 Å². The SMILES string of the molecule is CCCCOc1ccc(OCCCC)c2c1-c1nc-2nc2[nH]c(nc3nc(nc4[nH]c(n1)c1ccc(Oc5cccc(CO)c5)cc41)-c1c(OCCCC)ccc(OCCCC)c1-3)c1c(OCCCC)ccc(OCCCC)c21. The van der Waals surface area contributed by atoms with Crippen molar-refractivity contribution in [2.75, 3.05) is 39.6 Å². The normalized spacial score (nSPS) is 11.7. The van der Waals surface area contributed by atoms with Gasteiger partial charge in [0.2, 0.25) is 0 Å². The molecule has 0 saturated heterocycles. The summed E-state index contributed by atoms with van der Waals surface area (Å²) in [6.07, 6.45) is 10.8. The van der Waals surface area contributed by atoms with Crippen molar-refractivity contribution in [3.8, 4) is 91.5 Å². The fraction of sp³-hybridized carbons (Fsp3) is 0.397. The van der Waals surface area contributed by atoms with Gasteiger partial charge in [0.15, 0.2) is 23.3 Å². The average molecular weight is 1070 g/mol. The van der Waals surface area contributed by atoms with Gasteiger partial charge in [-0.15, -0.1) is 0 Å². The van der Waals surface area contributed by atoms with Crippen LogP contribution in [-0.2, 0) is 6.61 Å². The second-order valence-corrected chi connectivity index (χ2v) is 19.9.